The molecule has 0 bridgehead atoms. The van der Waals surface area contributed by atoms with Gasteiger partial charge in [-0.2, -0.15) is 0 Å². The number of aliphatic hydroxyl groups excluding tert-OH is 1. The molecule has 0 spiro atoms. The van der Waals surface area contributed by atoms with E-state index in [1.165, 1.54) is 0 Å². The van der Waals surface area contributed by atoms with Gasteiger partial charge in [0.25, 0.3) is 0 Å². The number of hydrogen-bond acceptors (Lipinski definition) is 3. The molecule has 142 valence electrons. The van der Waals surface area contributed by atoms with E-state index in [1.807, 2.05) is 84.9 Å². The summed E-state index contributed by atoms with van der Waals surface area (Å²) < 4.78 is 5.82. The van der Waals surface area contributed by atoms with Crippen molar-refractivity contribution in [2.45, 2.75) is 31.5 Å². The molecule has 1 saturated heterocycles. The fourth-order valence-electron chi connectivity index (χ4n) is 3.62. The van der Waals surface area contributed by atoms with Gasteiger partial charge in [-0.05, 0) is 41.8 Å². The van der Waals surface area contributed by atoms with Crippen LogP contribution in [0.15, 0.2) is 84.9 Å². The first-order valence-electron chi connectivity index (χ1n) is 9.52. The number of benzene rings is 3. The number of ether oxygens (including phenoxy) is 1. The minimum absolute atomic E-state index is 0.00181. The molecule has 1 aliphatic rings. The molecule has 1 N–H and O–H groups in total. The van der Waals surface area contributed by atoms with Gasteiger partial charge in [0.2, 0.25) is 5.91 Å². The lowest BCUT2D eigenvalue weighted by atomic mass is 10.0. The Labute approximate surface area is 165 Å². The van der Waals surface area contributed by atoms with Crippen molar-refractivity contribution in [1.82, 2.24) is 4.90 Å². The summed E-state index contributed by atoms with van der Waals surface area (Å²) in [5.41, 5.74) is 2.14. The molecule has 0 radical (unpaired) electrons. The van der Waals surface area contributed by atoms with Gasteiger partial charge < -0.3 is 14.7 Å². The second-order valence-corrected chi connectivity index (χ2v) is 7.11. The summed E-state index contributed by atoms with van der Waals surface area (Å²) in [4.78, 5) is 14.2. The molecule has 2 atom stereocenters. The number of nitrogens with zero attached hydrogens (tertiary/aromatic N) is 1. The normalized spacial score (nSPS) is 19.0. The Bertz CT molecular complexity index is 910. The van der Waals surface area contributed by atoms with Crippen LogP contribution in [-0.2, 0) is 17.8 Å². The van der Waals surface area contributed by atoms with Crippen molar-refractivity contribution in [3.05, 3.63) is 96.1 Å². The summed E-state index contributed by atoms with van der Waals surface area (Å²) >= 11 is 0. The zero-order valence-electron chi connectivity index (χ0n) is 15.6. The van der Waals surface area contributed by atoms with Gasteiger partial charge in [0, 0.05) is 6.54 Å². The summed E-state index contributed by atoms with van der Waals surface area (Å²) in [6.07, 6.45) is 0.212. The smallest absolute Gasteiger partial charge is 0.225 e. The van der Waals surface area contributed by atoms with Crippen molar-refractivity contribution < 1.29 is 14.6 Å². The number of para-hydroxylation sites is 1. The quantitative estimate of drug-likeness (QED) is 0.705. The van der Waals surface area contributed by atoms with Gasteiger partial charge in [0.1, 0.15) is 11.5 Å². The number of amides is 1. The van der Waals surface area contributed by atoms with Crippen LogP contribution in [0.3, 0.4) is 0 Å². The zero-order valence-corrected chi connectivity index (χ0v) is 15.6. The molecule has 1 fully saturated rings. The molecule has 2 unspecified atom stereocenters. The highest BCUT2D eigenvalue weighted by atomic mass is 16.5. The number of rotatable bonds is 6. The van der Waals surface area contributed by atoms with Crippen LogP contribution in [0.1, 0.15) is 17.5 Å². The topological polar surface area (TPSA) is 49.8 Å². The maximum Gasteiger partial charge on any atom is 0.225 e. The van der Waals surface area contributed by atoms with E-state index in [-0.39, 0.29) is 18.4 Å². The molecular formula is C24H23NO3. The third-order valence-electron chi connectivity index (χ3n) is 5.09. The molecule has 28 heavy (non-hydrogen) atoms. The van der Waals surface area contributed by atoms with Crippen molar-refractivity contribution in [1.29, 1.82) is 0 Å². The van der Waals surface area contributed by atoms with Crippen molar-refractivity contribution in [2.24, 2.45) is 0 Å². The Balaban J connectivity index is 1.45. The number of carbonyl (C=O) groups is 1. The Morgan fingerprint density at radius 3 is 2.11 bits per heavy atom. The average molecular weight is 373 g/mol. The standard InChI is InChI=1S/C24H23NO3/c26-23-16-24(27)25(22(23)15-18-7-3-1-4-8-18)17-19-11-13-21(14-12-19)28-20-9-5-2-6-10-20/h1-14,22-23,26H,15-17H2. The summed E-state index contributed by atoms with van der Waals surface area (Å²) in [6.45, 7) is 0.485. The molecule has 3 aromatic carbocycles. The molecule has 0 saturated carbocycles. The Hall–Kier alpha value is -3.11. The van der Waals surface area contributed by atoms with Crippen LogP contribution in [0, 0.1) is 0 Å². The summed E-state index contributed by atoms with van der Waals surface area (Å²) in [6, 6.07) is 27.2. The van der Waals surface area contributed by atoms with Gasteiger partial charge in [-0.25, -0.2) is 0 Å². The van der Waals surface area contributed by atoms with Crippen LogP contribution >= 0.6 is 0 Å². The minimum Gasteiger partial charge on any atom is -0.457 e. The molecule has 0 aromatic heterocycles. The highest BCUT2D eigenvalue weighted by Gasteiger charge is 2.38. The second kappa shape index (κ2) is 8.28. The van der Waals surface area contributed by atoms with Gasteiger partial charge in [0.15, 0.2) is 0 Å². The lowest BCUT2D eigenvalue weighted by Crippen LogP contribution is -2.38. The van der Waals surface area contributed by atoms with Crippen LogP contribution in [0.4, 0.5) is 0 Å². The fourth-order valence-corrected chi connectivity index (χ4v) is 3.62. The number of likely N-dealkylation sites (tertiary alicyclic amines) is 1. The number of carbonyl (C=O) groups excluding carboxylic acids is 1. The SMILES string of the molecule is O=C1CC(O)C(Cc2ccccc2)N1Cc1ccc(Oc2ccccc2)cc1. The van der Waals surface area contributed by atoms with Gasteiger partial charge in [-0.1, -0.05) is 60.7 Å². The first kappa shape index (κ1) is 18.3. The van der Waals surface area contributed by atoms with E-state index in [0.29, 0.717) is 13.0 Å². The summed E-state index contributed by atoms with van der Waals surface area (Å²) in [7, 11) is 0. The molecule has 1 heterocycles. The van der Waals surface area contributed by atoms with Gasteiger partial charge >= 0.3 is 0 Å². The molecule has 1 aliphatic heterocycles. The Kier molecular flexibility index (Phi) is 5.40. The molecule has 4 nitrogen and oxygen atoms in total. The summed E-state index contributed by atoms with van der Waals surface area (Å²) in [5, 5.41) is 10.4. The van der Waals surface area contributed by atoms with Crippen LogP contribution in [0.5, 0.6) is 11.5 Å². The maximum atomic E-state index is 12.4. The van der Waals surface area contributed by atoms with Crippen LogP contribution in [-0.4, -0.2) is 28.1 Å². The van der Waals surface area contributed by atoms with E-state index in [4.69, 9.17) is 4.74 Å². The monoisotopic (exact) mass is 373 g/mol. The molecule has 4 heteroatoms. The molecule has 4 rings (SSSR count). The first-order valence-corrected chi connectivity index (χ1v) is 9.52. The first-order chi connectivity index (χ1) is 13.7. The van der Waals surface area contributed by atoms with Gasteiger partial charge in [0.05, 0.1) is 18.6 Å². The Morgan fingerprint density at radius 1 is 0.821 bits per heavy atom. The molecule has 0 aliphatic carbocycles. The van der Waals surface area contributed by atoms with E-state index >= 15 is 0 Å². The average Bonchev–Trinajstić information content (AvgIpc) is 2.98. The molecule has 1 amide bonds. The fraction of sp³-hybridized carbons (Fsp3) is 0.208. The van der Waals surface area contributed by atoms with Crippen molar-refractivity contribution in [3.8, 4) is 11.5 Å². The van der Waals surface area contributed by atoms with Crippen LogP contribution in [0.2, 0.25) is 0 Å². The predicted octanol–water partition coefficient (Wildman–Crippen LogP) is 4.18. The third kappa shape index (κ3) is 4.24. The maximum absolute atomic E-state index is 12.4. The van der Waals surface area contributed by atoms with Crippen molar-refractivity contribution in [3.63, 3.8) is 0 Å². The third-order valence-corrected chi connectivity index (χ3v) is 5.09. The summed E-state index contributed by atoms with van der Waals surface area (Å²) in [5.74, 6) is 1.54. The lowest BCUT2D eigenvalue weighted by molar-refractivity contribution is -0.129. The van der Waals surface area contributed by atoms with Gasteiger partial charge in [-0.15, -0.1) is 0 Å². The van der Waals surface area contributed by atoms with E-state index in [2.05, 4.69) is 0 Å². The predicted molar refractivity (Wildman–Crippen MR) is 108 cm³/mol. The van der Waals surface area contributed by atoms with Crippen molar-refractivity contribution >= 4 is 5.91 Å². The second-order valence-electron chi connectivity index (χ2n) is 7.11. The van der Waals surface area contributed by atoms with Crippen molar-refractivity contribution in [2.75, 3.05) is 0 Å². The molecular weight excluding hydrogens is 350 g/mol. The zero-order chi connectivity index (χ0) is 19.3. The van der Waals surface area contributed by atoms with Crippen LogP contribution < -0.4 is 4.74 Å². The molecule has 3 aromatic rings. The largest absolute Gasteiger partial charge is 0.457 e. The van der Waals surface area contributed by atoms with E-state index in [9.17, 15) is 9.90 Å². The highest BCUT2D eigenvalue weighted by molar-refractivity contribution is 5.79. The number of aliphatic hydroxyl groups is 1. The van der Waals surface area contributed by atoms with E-state index in [1.54, 1.807) is 4.90 Å². The highest BCUT2D eigenvalue weighted by Crippen LogP contribution is 2.27. The van der Waals surface area contributed by atoms with Crippen LogP contribution in [0.25, 0.3) is 0 Å². The van der Waals surface area contributed by atoms with Gasteiger partial charge in [-0.3, -0.25) is 4.79 Å². The Morgan fingerprint density at radius 2 is 1.43 bits per heavy atom. The van der Waals surface area contributed by atoms with E-state index in [0.717, 1.165) is 22.6 Å². The van der Waals surface area contributed by atoms with E-state index < -0.39 is 6.10 Å². The lowest BCUT2D eigenvalue weighted by Gasteiger charge is -2.26. The number of hydrogen-bond donors (Lipinski definition) is 1. The minimum atomic E-state index is -0.631.